The van der Waals surface area contributed by atoms with Gasteiger partial charge in [-0.15, -0.1) is 0 Å². The van der Waals surface area contributed by atoms with Crippen LogP contribution in [-0.4, -0.2) is 15.9 Å². The van der Waals surface area contributed by atoms with Crippen LogP contribution >= 0.6 is 0 Å². The van der Waals surface area contributed by atoms with E-state index in [-0.39, 0.29) is 5.56 Å². The van der Waals surface area contributed by atoms with Gasteiger partial charge in [-0.2, -0.15) is 13.2 Å². The fourth-order valence-electron chi connectivity index (χ4n) is 4.63. The van der Waals surface area contributed by atoms with E-state index in [0.29, 0.717) is 5.95 Å². The molecule has 208 valence electrons. The van der Waals surface area contributed by atoms with Crippen molar-refractivity contribution < 1.29 is 18.0 Å². The molecule has 2 N–H and O–H groups in total. The first-order valence-corrected chi connectivity index (χ1v) is 13.3. The zero-order valence-corrected chi connectivity index (χ0v) is 22.9. The van der Waals surface area contributed by atoms with E-state index in [9.17, 15) is 18.0 Å². The molecule has 1 heterocycles. The predicted molar refractivity (Wildman–Crippen MR) is 156 cm³/mol. The molecule has 1 atom stereocenters. The maximum atomic E-state index is 13.1. The molecular formula is C33H29F3N4O. The van der Waals surface area contributed by atoms with Gasteiger partial charge in [0, 0.05) is 22.8 Å². The minimum atomic E-state index is -4.52. The number of nitrogens with zero attached hydrogens (tertiary/aromatic N) is 2. The van der Waals surface area contributed by atoms with E-state index in [1.54, 1.807) is 13.1 Å². The molecule has 0 saturated heterocycles. The molecule has 0 saturated carbocycles. The van der Waals surface area contributed by atoms with E-state index in [4.69, 9.17) is 0 Å². The minimum Gasteiger partial charge on any atom is -0.346 e. The van der Waals surface area contributed by atoms with E-state index in [0.717, 1.165) is 57.4 Å². The largest absolute Gasteiger partial charge is 0.416 e. The zero-order chi connectivity index (χ0) is 29.1. The highest BCUT2D eigenvalue weighted by Crippen LogP contribution is 2.31. The number of aryl methyl sites for hydroxylation is 2. The number of fused-ring (bicyclic) bond motifs is 1. The molecular weight excluding hydrogens is 525 g/mol. The number of alkyl halides is 3. The van der Waals surface area contributed by atoms with Crippen molar-refractivity contribution in [2.45, 2.75) is 39.4 Å². The maximum absolute atomic E-state index is 13.1. The lowest BCUT2D eigenvalue weighted by Crippen LogP contribution is -2.27. The Morgan fingerprint density at radius 3 is 2.46 bits per heavy atom. The van der Waals surface area contributed by atoms with Gasteiger partial charge in [0.05, 0.1) is 17.1 Å². The van der Waals surface area contributed by atoms with Crippen LogP contribution in [0, 0.1) is 6.92 Å². The second-order valence-electron chi connectivity index (χ2n) is 9.99. The Morgan fingerprint density at radius 1 is 0.951 bits per heavy atom. The number of halogens is 3. The molecule has 5 nitrogen and oxygen atoms in total. The topological polar surface area (TPSA) is 66.9 Å². The average Bonchev–Trinajstić information content (AvgIpc) is 2.97. The number of carbonyl (C=O) groups is 1. The van der Waals surface area contributed by atoms with Gasteiger partial charge < -0.3 is 10.6 Å². The van der Waals surface area contributed by atoms with E-state index in [1.165, 1.54) is 17.7 Å². The predicted octanol–water partition coefficient (Wildman–Crippen LogP) is 8.42. The van der Waals surface area contributed by atoms with E-state index in [2.05, 4.69) is 39.7 Å². The summed E-state index contributed by atoms with van der Waals surface area (Å²) in [6, 6.07) is 24.0. The van der Waals surface area contributed by atoms with Crippen LogP contribution in [0.15, 0.2) is 91.1 Å². The molecule has 5 aromatic rings. The molecule has 4 aromatic carbocycles. The summed E-state index contributed by atoms with van der Waals surface area (Å²) in [6.07, 6.45) is -1.76. The summed E-state index contributed by atoms with van der Waals surface area (Å²) >= 11 is 0. The van der Waals surface area contributed by atoms with Crippen LogP contribution in [0.25, 0.3) is 22.0 Å². The van der Waals surface area contributed by atoms with Crippen molar-refractivity contribution in [2.24, 2.45) is 0 Å². The first-order valence-electron chi connectivity index (χ1n) is 13.3. The molecule has 1 amide bonds. The summed E-state index contributed by atoms with van der Waals surface area (Å²) < 4.78 is 39.3. The standard InChI is InChI=1S/C33H29F3N4O/c1-4-22-9-13-28(14-10-22)39-32-37-19-26-16-24(12-15-30(26)40-32)29-18-23(11-8-20(29)2)21(3)38-31(41)25-6-5-7-27(17-25)33(34,35)36/h5-19,21H,4H2,1-3H3,(H,38,41)(H,37,39,40). The third kappa shape index (κ3) is 6.38. The van der Waals surface area contributed by atoms with Gasteiger partial charge in [0.2, 0.25) is 5.95 Å². The van der Waals surface area contributed by atoms with Gasteiger partial charge in [-0.25, -0.2) is 9.97 Å². The van der Waals surface area contributed by atoms with Crippen LogP contribution in [0.3, 0.4) is 0 Å². The Morgan fingerprint density at radius 2 is 1.73 bits per heavy atom. The van der Waals surface area contributed by atoms with E-state index >= 15 is 0 Å². The number of carbonyl (C=O) groups excluding carboxylic acids is 1. The molecule has 8 heteroatoms. The molecule has 0 spiro atoms. The monoisotopic (exact) mass is 554 g/mol. The van der Waals surface area contributed by atoms with Crippen LogP contribution in [-0.2, 0) is 12.6 Å². The number of hydrogen-bond donors (Lipinski definition) is 2. The smallest absolute Gasteiger partial charge is 0.346 e. The molecule has 41 heavy (non-hydrogen) atoms. The van der Waals surface area contributed by atoms with Crippen molar-refractivity contribution in [3.8, 4) is 11.1 Å². The molecule has 1 aromatic heterocycles. The first kappa shape index (κ1) is 27.8. The van der Waals surface area contributed by atoms with Crippen molar-refractivity contribution in [2.75, 3.05) is 5.32 Å². The summed E-state index contributed by atoms with van der Waals surface area (Å²) in [5.74, 6) is -0.0580. The number of aromatic nitrogens is 2. The van der Waals surface area contributed by atoms with Gasteiger partial charge in [0.15, 0.2) is 0 Å². The lowest BCUT2D eigenvalue weighted by Gasteiger charge is -2.17. The molecule has 5 rings (SSSR count). The molecule has 1 unspecified atom stereocenters. The summed E-state index contributed by atoms with van der Waals surface area (Å²) in [5.41, 5.74) is 5.89. The van der Waals surface area contributed by atoms with Crippen LogP contribution in [0.2, 0.25) is 0 Å². The number of rotatable bonds is 7. The maximum Gasteiger partial charge on any atom is 0.416 e. The molecule has 0 aliphatic rings. The van der Waals surface area contributed by atoms with Crippen LogP contribution in [0.1, 0.15) is 52.5 Å². The van der Waals surface area contributed by atoms with E-state index < -0.39 is 23.7 Å². The highest BCUT2D eigenvalue weighted by atomic mass is 19.4. The van der Waals surface area contributed by atoms with Gasteiger partial charge >= 0.3 is 6.18 Å². The lowest BCUT2D eigenvalue weighted by atomic mass is 9.95. The van der Waals surface area contributed by atoms with Crippen molar-refractivity contribution in [1.29, 1.82) is 0 Å². The number of amides is 1. The Balaban J connectivity index is 1.35. The Labute approximate surface area is 236 Å². The lowest BCUT2D eigenvalue weighted by molar-refractivity contribution is -0.137. The van der Waals surface area contributed by atoms with Gasteiger partial charge in [-0.3, -0.25) is 4.79 Å². The number of nitrogens with one attached hydrogen (secondary N) is 2. The van der Waals surface area contributed by atoms with E-state index in [1.807, 2.05) is 55.5 Å². The van der Waals surface area contributed by atoms with Crippen molar-refractivity contribution in [3.63, 3.8) is 0 Å². The van der Waals surface area contributed by atoms with Gasteiger partial charge in [0.1, 0.15) is 0 Å². The molecule has 0 radical (unpaired) electrons. The number of anilines is 2. The first-order chi connectivity index (χ1) is 19.6. The third-order valence-corrected chi connectivity index (χ3v) is 7.07. The van der Waals surface area contributed by atoms with Gasteiger partial charge in [-0.1, -0.05) is 43.3 Å². The van der Waals surface area contributed by atoms with Crippen molar-refractivity contribution >= 4 is 28.4 Å². The van der Waals surface area contributed by atoms with Crippen LogP contribution in [0.5, 0.6) is 0 Å². The second-order valence-corrected chi connectivity index (χ2v) is 9.99. The van der Waals surface area contributed by atoms with Crippen molar-refractivity contribution in [3.05, 3.63) is 119 Å². The molecule has 0 fully saturated rings. The molecule has 0 aliphatic carbocycles. The Kier molecular flexibility index (Phi) is 7.75. The van der Waals surface area contributed by atoms with Gasteiger partial charge in [0.25, 0.3) is 5.91 Å². The quantitative estimate of drug-likeness (QED) is 0.212. The second kappa shape index (κ2) is 11.4. The Hall–Kier alpha value is -4.72. The van der Waals surface area contributed by atoms with Crippen LogP contribution in [0.4, 0.5) is 24.8 Å². The van der Waals surface area contributed by atoms with Crippen LogP contribution < -0.4 is 10.6 Å². The Bertz CT molecular complexity index is 1710. The summed E-state index contributed by atoms with van der Waals surface area (Å²) in [5, 5.41) is 6.95. The third-order valence-electron chi connectivity index (χ3n) is 7.07. The normalized spacial score (nSPS) is 12.2. The summed E-state index contributed by atoms with van der Waals surface area (Å²) in [6.45, 7) is 5.92. The molecule has 0 aliphatic heterocycles. The SMILES string of the molecule is CCc1ccc(Nc2ncc3cc(-c4cc(C(C)NC(=O)c5cccc(C(F)(F)F)c5)ccc4C)ccc3n2)cc1. The molecule has 0 bridgehead atoms. The minimum absolute atomic E-state index is 0.0413. The van der Waals surface area contributed by atoms with Gasteiger partial charge in [-0.05, 0) is 96.6 Å². The zero-order valence-electron chi connectivity index (χ0n) is 22.9. The summed E-state index contributed by atoms with van der Waals surface area (Å²) in [4.78, 5) is 21.9. The average molecular weight is 555 g/mol. The summed E-state index contributed by atoms with van der Waals surface area (Å²) in [7, 11) is 0. The highest BCUT2D eigenvalue weighted by molar-refractivity contribution is 5.94. The fourth-order valence-corrected chi connectivity index (χ4v) is 4.63. The van der Waals surface area contributed by atoms with Crippen molar-refractivity contribution in [1.82, 2.24) is 15.3 Å². The number of benzene rings is 4. The number of hydrogen-bond acceptors (Lipinski definition) is 4. The highest BCUT2D eigenvalue weighted by Gasteiger charge is 2.31. The fraction of sp³-hybridized carbons (Fsp3) is 0.182.